The lowest BCUT2D eigenvalue weighted by molar-refractivity contribution is -0.138. The maximum atomic E-state index is 11.9. The molecule has 0 saturated carbocycles. The summed E-state index contributed by atoms with van der Waals surface area (Å²) < 4.78 is 0. The summed E-state index contributed by atoms with van der Waals surface area (Å²) >= 11 is 0. The van der Waals surface area contributed by atoms with Crippen LogP contribution in [-0.4, -0.2) is 33.3 Å². The summed E-state index contributed by atoms with van der Waals surface area (Å²) in [5, 5.41) is 20.9. The van der Waals surface area contributed by atoms with Crippen LogP contribution in [0, 0.1) is 5.41 Å². The Morgan fingerprint density at radius 3 is 2.50 bits per heavy atom. The summed E-state index contributed by atoms with van der Waals surface area (Å²) in [4.78, 5) is 22.8. The molecule has 0 aromatic carbocycles. The minimum absolute atomic E-state index is 0.114. The van der Waals surface area contributed by atoms with Gasteiger partial charge in [-0.15, -0.1) is 0 Å². The SMILES string of the molecule is CC(NC(=O)NC(CC(=O)O)C(C)(C)C)c1cn[nH]c1. The van der Waals surface area contributed by atoms with Crippen molar-refractivity contribution in [2.24, 2.45) is 5.41 Å². The lowest BCUT2D eigenvalue weighted by Gasteiger charge is -2.30. The molecule has 112 valence electrons. The molecule has 0 bridgehead atoms. The summed E-state index contributed by atoms with van der Waals surface area (Å²) in [5.41, 5.74) is 0.514. The van der Waals surface area contributed by atoms with Gasteiger partial charge < -0.3 is 15.7 Å². The molecule has 1 aromatic heterocycles. The molecule has 0 fully saturated rings. The Hall–Kier alpha value is -2.05. The van der Waals surface area contributed by atoms with Crippen molar-refractivity contribution in [1.82, 2.24) is 20.8 Å². The van der Waals surface area contributed by atoms with Gasteiger partial charge in [0.15, 0.2) is 0 Å². The zero-order valence-electron chi connectivity index (χ0n) is 12.2. The molecule has 0 radical (unpaired) electrons. The molecule has 1 aromatic rings. The third-order valence-corrected chi connectivity index (χ3v) is 3.10. The molecule has 1 heterocycles. The molecule has 0 aliphatic heterocycles. The number of carbonyl (C=O) groups is 2. The van der Waals surface area contributed by atoms with E-state index in [9.17, 15) is 9.59 Å². The average molecular weight is 282 g/mol. The maximum absolute atomic E-state index is 11.9. The molecular weight excluding hydrogens is 260 g/mol. The van der Waals surface area contributed by atoms with Crippen LogP contribution in [0.2, 0.25) is 0 Å². The van der Waals surface area contributed by atoms with Crippen LogP contribution in [0.3, 0.4) is 0 Å². The van der Waals surface area contributed by atoms with Gasteiger partial charge in [0, 0.05) is 17.8 Å². The number of aliphatic carboxylic acids is 1. The van der Waals surface area contributed by atoms with Gasteiger partial charge in [-0.05, 0) is 12.3 Å². The molecule has 7 nitrogen and oxygen atoms in total. The van der Waals surface area contributed by atoms with Crippen molar-refractivity contribution in [2.75, 3.05) is 0 Å². The Kier molecular flexibility index (Phi) is 5.12. The molecule has 2 atom stereocenters. The first kappa shape index (κ1) is 16.0. The van der Waals surface area contributed by atoms with Crippen LogP contribution in [0.15, 0.2) is 12.4 Å². The number of aromatic amines is 1. The molecule has 0 saturated heterocycles. The van der Waals surface area contributed by atoms with Crippen molar-refractivity contribution in [3.8, 4) is 0 Å². The average Bonchev–Trinajstić information content (AvgIpc) is 2.79. The number of aromatic nitrogens is 2. The Balaban J connectivity index is 2.60. The van der Waals surface area contributed by atoms with E-state index < -0.39 is 12.0 Å². The number of hydrogen-bond acceptors (Lipinski definition) is 3. The van der Waals surface area contributed by atoms with Crippen molar-refractivity contribution in [1.29, 1.82) is 0 Å². The number of H-pyrrole nitrogens is 1. The van der Waals surface area contributed by atoms with Gasteiger partial charge in [0.1, 0.15) is 0 Å². The van der Waals surface area contributed by atoms with E-state index in [1.54, 1.807) is 12.4 Å². The van der Waals surface area contributed by atoms with Gasteiger partial charge in [0.25, 0.3) is 0 Å². The number of carboxylic acid groups (broad SMARTS) is 1. The second-order valence-electron chi connectivity index (χ2n) is 5.89. The lowest BCUT2D eigenvalue weighted by atomic mass is 9.85. The monoisotopic (exact) mass is 282 g/mol. The number of urea groups is 1. The van der Waals surface area contributed by atoms with Crippen LogP contribution in [0.25, 0.3) is 0 Å². The van der Waals surface area contributed by atoms with Crippen molar-refractivity contribution in [3.05, 3.63) is 18.0 Å². The Morgan fingerprint density at radius 1 is 1.40 bits per heavy atom. The predicted molar refractivity (Wildman–Crippen MR) is 74.2 cm³/mol. The predicted octanol–water partition coefficient (Wildman–Crippen LogP) is 1.66. The van der Waals surface area contributed by atoms with Gasteiger partial charge in [-0.25, -0.2) is 4.79 Å². The van der Waals surface area contributed by atoms with Gasteiger partial charge >= 0.3 is 12.0 Å². The summed E-state index contributed by atoms with van der Waals surface area (Å²) in [5.74, 6) is -0.937. The van der Waals surface area contributed by atoms with E-state index in [-0.39, 0.29) is 23.9 Å². The van der Waals surface area contributed by atoms with E-state index >= 15 is 0 Å². The Morgan fingerprint density at radius 2 is 2.05 bits per heavy atom. The molecule has 2 unspecified atom stereocenters. The zero-order valence-corrected chi connectivity index (χ0v) is 12.2. The highest BCUT2D eigenvalue weighted by Crippen LogP contribution is 2.22. The molecule has 0 aliphatic rings. The van der Waals surface area contributed by atoms with Crippen LogP contribution in [0.1, 0.15) is 45.7 Å². The third-order valence-electron chi connectivity index (χ3n) is 3.10. The topological polar surface area (TPSA) is 107 Å². The molecule has 0 aliphatic carbocycles. The maximum Gasteiger partial charge on any atom is 0.315 e. The molecule has 0 spiro atoms. The number of rotatable bonds is 5. The van der Waals surface area contributed by atoms with Crippen molar-refractivity contribution < 1.29 is 14.7 Å². The van der Waals surface area contributed by atoms with Gasteiger partial charge in [-0.2, -0.15) is 5.10 Å². The minimum atomic E-state index is -0.937. The quantitative estimate of drug-likeness (QED) is 0.658. The van der Waals surface area contributed by atoms with Crippen LogP contribution < -0.4 is 10.6 Å². The zero-order chi connectivity index (χ0) is 15.3. The van der Waals surface area contributed by atoms with Gasteiger partial charge in [0.2, 0.25) is 0 Å². The smallest absolute Gasteiger partial charge is 0.315 e. The van der Waals surface area contributed by atoms with Crippen LogP contribution in [-0.2, 0) is 4.79 Å². The number of hydrogen-bond donors (Lipinski definition) is 4. The van der Waals surface area contributed by atoms with E-state index in [0.29, 0.717) is 0 Å². The number of amides is 2. The van der Waals surface area contributed by atoms with Gasteiger partial charge in [-0.1, -0.05) is 20.8 Å². The number of carbonyl (C=O) groups excluding carboxylic acids is 1. The fraction of sp³-hybridized carbons (Fsp3) is 0.615. The highest BCUT2D eigenvalue weighted by Gasteiger charge is 2.28. The van der Waals surface area contributed by atoms with Crippen LogP contribution >= 0.6 is 0 Å². The summed E-state index contributed by atoms with van der Waals surface area (Å²) in [6.07, 6.45) is 3.21. The number of nitrogens with zero attached hydrogens (tertiary/aromatic N) is 1. The Bertz CT molecular complexity index is 451. The van der Waals surface area contributed by atoms with Gasteiger partial charge in [0.05, 0.1) is 18.7 Å². The first-order valence-corrected chi connectivity index (χ1v) is 6.47. The summed E-state index contributed by atoms with van der Waals surface area (Å²) in [6.45, 7) is 7.49. The van der Waals surface area contributed by atoms with Crippen LogP contribution in [0.5, 0.6) is 0 Å². The summed E-state index contributed by atoms with van der Waals surface area (Å²) in [7, 11) is 0. The van der Waals surface area contributed by atoms with Crippen molar-refractivity contribution >= 4 is 12.0 Å². The first-order chi connectivity index (χ1) is 9.20. The molecule has 4 N–H and O–H groups in total. The second-order valence-corrected chi connectivity index (χ2v) is 5.89. The molecule has 1 rings (SSSR count). The minimum Gasteiger partial charge on any atom is -0.481 e. The lowest BCUT2D eigenvalue weighted by Crippen LogP contribution is -2.49. The molecular formula is C13H22N4O3. The van der Waals surface area contributed by atoms with Crippen molar-refractivity contribution in [3.63, 3.8) is 0 Å². The normalized spacial score (nSPS) is 14.4. The molecule has 2 amide bonds. The van der Waals surface area contributed by atoms with E-state index in [1.807, 2.05) is 27.7 Å². The van der Waals surface area contributed by atoms with Crippen molar-refractivity contribution in [2.45, 2.75) is 46.2 Å². The fourth-order valence-electron chi connectivity index (χ4n) is 1.73. The highest BCUT2D eigenvalue weighted by molar-refractivity contribution is 5.76. The first-order valence-electron chi connectivity index (χ1n) is 6.47. The summed E-state index contributed by atoms with van der Waals surface area (Å²) in [6, 6.07) is -1.05. The molecule has 20 heavy (non-hydrogen) atoms. The van der Waals surface area contributed by atoms with E-state index in [4.69, 9.17) is 5.11 Å². The van der Waals surface area contributed by atoms with E-state index in [1.165, 1.54) is 0 Å². The molecule has 7 heteroatoms. The number of carboxylic acids is 1. The fourth-order valence-corrected chi connectivity index (χ4v) is 1.73. The van der Waals surface area contributed by atoms with Crippen LogP contribution in [0.4, 0.5) is 4.79 Å². The second kappa shape index (κ2) is 6.40. The van der Waals surface area contributed by atoms with E-state index in [2.05, 4.69) is 20.8 Å². The highest BCUT2D eigenvalue weighted by atomic mass is 16.4. The van der Waals surface area contributed by atoms with E-state index in [0.717, 1.165) is 5.56 Å². The Labute approximate surface area is 118 Å². The number of nitrogens with one attached hydrogen (secondary N) is 3. The standard InChI is InChI=1S/C13H22N4O3/c1-8(9-6-14-15-7-9)16-12(20)17-10(5-11(18)19)13(2,3)4/h6-8,10H,5H2,1-4H3,(H,14,15)(H,18,19)(H2,16,17,20). The van der Waals surface area contributed by atoms with Gasteiger partial charge in [-0.3, -0.25) is 9.89 Å². The third kappa shape index (κ3) is 4.91. The largest absolute Gasteiger partial charge is 0.481 e.